The third-order valence-corrected chi connectivity index (χ3v) is 4.34. The molecule has 0 bridgehead atoms. The molecule has 2 aliphatic rings. The number of carbonyl (C=O) groups excluding carboxylic acids is 3. The Morgan fingerprint density at radius 2 is 2.04 bits per heavy atom. The quantitative estimate of drug-likeness (QED) is 0.889. The predicted molar refractivity (Wildman–Crippen MR) is 85.6 cm³/mol. The smallest absolute Gasteiger partial charge is 0.240 e. The van der Waals surface area contributed by atoms with Crippen LogP contribution in [0.1, 0.15) is 43.7 Å². The van der Waals surface area contributed by atoms with Crippen molar-refractivity contribution in [3.8, 4) is 0 Å². The molecule has 3 amide bonds. The van der Waals surface area contributed by atoms with Crippen molar-refractivity contribution in [2.75, 3.05) is 18.4 Å². The molecular weight excluding hydrogens is 294 g/mol. The molecule has 0 radical (unpaired) electrons. The summed E-state index contributed by atoms with van der Waals surface area (Å²) in [6.07, 6.45) is 3.60. The van der Waals surface area contributed by atoms with Crippen LogP contribution < -0.4 is 10.6 Å². The fourth-order valence-corrected chi connectivity index (χ4v) is 3.16. The van der Waals surface area contributed by atoms with Gasteiger partial charge in [-0.1, -0.05) is 24.6 Å². The van der Waals surface area contributed by atoms with Crippen LogP contribution in [0.15, 0.2) is 24.3 Å². The van der Waals surface area contributed by atoms with Crippen molar-refractivity contribution >= 4 is 23.4 Å². The second kappa shape index (κ2) is 6.81. The number of benzene rings is 1. The number of hydrogen-bond donors (Lipinski definition) is 2. The van der Waals surface area contributed by atoms with Crippen LogP contribution in [0.4, 0.5) is 5.69 Å². The third-order valence-electron chi connectivity index (χ3n) is 4.34. The first-order valence-electron chi connectivity index (χ1n) is 8.09. The summed E-state index contributed by atoms with van der Waals surface area (Å²) in [6, 6.07) is 7.11. The number of anilines is 1. The van der Waals surface area contributed by atoms with Gasteiger partial charge < -0.3 is 15.5 Å². The average Bonchev–Trinajstić information content (AvgIpc) is 2.72. The molecule has 0 spiro atoms. The van der Waals surface area contributed by atoms with Crippen molar-refractivity contribution < 1.29 is 14.4 Å². The molecule has 6 heteroatoms. The van der Waals surface area contributed by atoms with E-state index in [0.29, 0.717) is 13.0 Å². The maximum absolute atomic E-state index is 12.3. The van der Waals surface area contributed by atoms with Crippen LogP contribution >= 0.6 is 0 Å². The fourth-order valence-electron chi connectivity index (χ4n) is 3.16. The standard InChI is InChI=1S/C17H21N3O3/c21-15-10-14(12-6-3-4-7-13(12)18-15)19-16(22)11-20-9-5-1-2-8-17(20)23/h3-4,6-7,14H,1-2,5,8-11H2,(H,18,21)(H,19,22). The molecule has 122 valence electrons. The van der Waals surface area contributed by atoms with Crippen LogP contribution in [0.2, 0.25) is 0 Å². The van der Waals surface area contributed by atoms with E-state index in [1.807, 2.05) is 24.3 Å². The van der Waals surface area contributed by atoms with Crippen molar-refractivity contribution in [1.29, 1.82) is 0 Å². The summed E-state index contributed by atoms with van der Waals surface area (Å²) < 4.78 is 0. The Balaban J connectivity index is 1.66. The van der Waals surface area contributed by atoms with Crippen LogP contribution in [0, 0.1) is 0 Å². The van der Waals surface area contributed by atoms with E-state index in [1.54, 1.807) is 4.90 Å². The number of fused-ring (bicyclic) bond motifs is 1. The summed E-state index contributed by atoms with van der Waals surface area (Å²) >= 11 is 0. The van der Waals surface area contributed by atoms with Gasteiger partial charge >= 0.3 is 0 Å². The highest BCUT2D eigenvalue weighted by Gasteiger charge is 2.27. The van der Waals surface area contributed by atoms with Crippen molar-refractivity contribution in [2.24, 2.45) is 0 Å². The minimum absolute atomic E-state index is 0.0411. The Morgan fingerprint density at radius 1 is 1.22 bits per heavy atom. The Bertz CT molecular complexity index is 629. The highest BCUT2D eigenvalue weighted by molar-refractivity contribution is 5.95. The van der Waals surface area contributed by atoms with E-state index >= 15 is 0 Å². The second-order valence-corrected chi connectivity index (χ2v) is 6.09. The normalized spacial score (nSPS) is 21.2. The van der Waals surface area contributed by atoms with Gasteiger partial charge in [0.05, 0.1) is 19.0 Å². The molecule has 23 heavy (non-hydrogen) atoms. The Morgan fingerprint density at radius 3 is 2.91 bits per heavy atom. The molecule has 0 aromatic heterocycles. The molecule has 0 aliphatic carbocycles. The summed E-state index contributed by atoms with van der Waals surface area (Å²) in [5, 5.41) is 5.71. The summed E-state index contributed by atoms with van der Waals surface area (Å²) in [7, 11) is 0. The number of likely N-dealkylation sites (tertiary alicyclic amines) is 1. The number of para-hydroxylation sites is 1. The SMILES string of the molecule is O=C1CC(NC(=O)CN2CCCCCC2=O)c2ccccc2N1. The fraction of sp³-hybridized carbons (Fsp3) is 0.471. The number of amides is 3. The number of hydrogen-bond acceptors (Lipinski definition) is 3. The second-order valence-electron chi connectivity index (χ2n) is 6.09. The number of nitrogens with one attached hydrogen (secondary N) is 2. The van der Waals surface area contributed by atoms with Crippen molar-refractivity contribution in [3.63, 3.8) is 0 Å². The molecule has 2 N–H and O–H groups in total. The van der Waals surface area contributed by atoms with Gasteiger partial charge in [0.2, 0.25) is 17.7 Å². The maximum Gasteiger partial charge on any atom is 0.240 e. The Labute approximate surface area is 135 Å². The molecule has 2 aliphatic heterocycles. The van der Waals surface area contributed by atoms with Crippen LogP contribution in [-0.2, 0) is 14.4 Å². The van der Waals surface area contributed by atoms with E-state index in [1.165, 1.54) is 0 Å². The average molecular weight is 315 g/mol. The molecule has 1 unspecified atom stereocenters. The van der Waals surface area contributed by atoms with E-state index in [4.69, 9.17) is 0 Å². The van der Waals surface area contributed by atoms with Gasteiger partial charge in [0.25, 0.3) is 0 Å². The lowest BCUT2D eigenvalue weighted by molar-refractivity contribution is -0.136. The van der Waals surface area contributed by atoms with E-state index < -0.39 is 0 Å². The molecule has 3 rings (SSSR count). The molecular formula is C17H21N3O3. The summed E-state index contributed by atoms with van der Waals surface area (Å²) in [4.78, 5) is 37.7. The van der Waals surface area contributed by atoms with Crippen molar-refractivity contribution in [2.45, 2.75) is 38.1 Å². The third kappa shape index (κ3) is 3.70. The largest absolute Gasteiger partial charge is 0.347 e. The summed E-state index contributed by atoms with van der Waals surface area (Å²) in [5.41, 5.74) is 1.64. The zero-order chi connectivity index (χ0) is 16.2. The monoisotopic (exact) mass is 315 g/mol. The molecule has 1 fully saturated rings. The highest BCUT2D eigenvalue weighted by atomic mass is 16.2. The number of carbonyl (C=O) groups is 3. The van der Waals surface area contributed by atoms with Gasteiger partial charge in [-0.3, -0.25) is 14.4 Å². The molecule has 6 nitrogen and oxygen atoms in total. The first-order chi connectivity index (χ1) is 11.1. The van der Waals surface area contributed by atoms with Gasteiger partial charge in [0, 0.05) is 18.7 Å². The van der Waals surface area contributed by atoms with Crippen molar-refractivity contribution in [1.82, 2.24) is 10.2 Å². The zero-order valence-electron chi connectivity index (χ0n) is 13.0. The van der Waals surface area contributed by atoms with Gasteiger partial charge in [0.15, 0.2) is 0 Å². The van der Waals surface area contributed by atoms with Gasteiger partial charge in [-0.05, 0) is 24.5 Å². The topological polar surface area (TPSA) is 78.5 Å². The lowest BCUT2D eigenvalue weighted by Gasteiger charge is -2.27. The molecule has 1 atom stereocenters. The highest BCUT2D eigenvalue weighted by Crippen LogP contribution is 2.29. The van der Waals surface area contributed by atoms with Gasteiger partial charge in [-0.2, -0.15) is 0 Å². The molecule has 0 saturated carbocycles. The van der Waals surface area contributed by atoms with E-state index in [-0.39, 0.29) is 36.7 Å². The number of nitrogens with zero attached hydrogens (tertiary/aromatic N) is 1. The zero-order valence-corrected chi connectivity index (χ0v) is 13.0. The summed E-state index contributed by atoms with van der Waals surface area (Å²) in [5.74, 6) is -0.283. The molecule has 1 aromatic carbocycles. The number of rotatable bonds is 3. The lowest BCUT2D eigenvalue weighted by Crippen LogP contribution is -2.43. The predicted octanol–water partition coefficient (Wildman–Crippen LogP) is 1.59. The van der Waals surface area contributed by atoms with E-state index in [2.05, 4.69) is 10.6 Å². The van der Waals surface area contributed by atoms with Crippen LogP contribution in [-0.4, -0.2) is 35.7 Å². The molecule has 2 heterocycles. The van der Waals surface area contributed by atoms with Gasteiger partial charge in [-0.15, -0.1) is 0 Å². The van der Waals surface area contributed by atoms with Crippen molar-refractivity contribution in [3.05, 3.63) is 29.8 Å². The van der Waals surface area contributed by atoms with Gasteiger partial charge in [0.1, 0.15) is 0 Å². The van der Waals surface area contributed by atoms with Crippen LogP contribution in [0.5, 0.6) is 0 Å². The Hall–Kier alpha value is -2.37. The van der Waals surface area contributed by atoms with Gasteiger partial charge in [-0.25, -0.2) is 0 Å². The minimum atomic E-state index is -0.338. The molecule has 1 aromatic rings. The van der Waals surface area contributed by atoms with Crippen LogP contribution in [0.25, 0.3) is 0 Å². The first kappa shape index (κ1) is 15.5. The van der Waals surface area contributed by atoms with E-state index in [9.17, 15) is 14.4 Å². The minimum Gasteiger partial charge on any atom is -0.347 e. The van der Waals surface area contributed by atoms with Crippen LogP contribution in [0.3, 0.4) is 0 Å². The summed E-state index contributed by atoms with van der Waals surface area (Å²) in [6.45, 7) is 0.702. The van der Waals surface area contributed by atoms with E-state index in [0.717, 1.165) is 30.5 Å². The maximum atomic E-state index is 12.3. The first-order valence-corrected chi connectivity index (χ1v) is 8.09. The lowest BCUT2D eigenvalue weighted by atomic mass is 9.97. The Kier molecular flexibility index (Phi) is 4.60. The molecule has 1 saturated heterocycles.